The molecule has 0 aromatic heterocycles. The standard InChI is InChI=1S/C19H21NO4/c21-19(22)16-7-4-8-17(13-16)24-12-10-20-9-11-23-14-18(20)15-5-2-1-3-6-15/h1-8,13,18H,9-12,14H2,(H,21,22). The first kappa shape index (κ1) is 16.5. The highest BCUT2D eigenvalue weighted by molar-refractivity contribution is 5.87. The molecule has 126 valence electrons. The fourth-order valence-electron chi connectivity index (χ4n) is 2.89. The van der Waals surface area contributed by atoms with Crippen LogP contribution in [-0.2, 0) is 4.74 Å². The van der Waals surface area contributed by atoms with Crippen LogP contribution in [0.5, 0.6) is 5.75 Å². The summed E-state index contributed by atoms with van der Waals surface area (Å²) in [6.07, 6.45) is 0. The van der Waals surface area contributed by atoms with Gasteiger partial charge in [-0.1, -0.05) is 36.4 Å². The zero-order chi connectivity index (χ0) is 16.8. The Morgan fingerprint density at radius 2 is 2.04 bits per heavy atom. The van der Waals surface area contributed by atoms with E-state index in [4.69, 9.17) is 14.6 Å². The summed E-state index contributed by atoms with van der Waals surface area (Å²) in [6.45, 7) is 3.53. The topological polar surface area (TPSA) is 59.0 Å². The molecule has 2 aromatic rings. The van der Waals surface area contributed by atoms with Crippen molar-refractivity contribution in [2.45, 2.75) is 6.04 Å². The average molecular weight is 327 g/mol. The van der Waals surface area contributed by atoms with Gasteiger partial charge in [-0.25, -0.2) is 4.79 Å². The van der Waals surface area contributed by atoms with Crippen LogP contribution < -0.4 is 4.74 Å². The molecule has 0 bridgehead atoms. The molecule has 0 radical (unpaired) electrons. The third kappa shape index (κ3) is 4.13. The van der Waals surface area contributed by atoms with Crippen LogP contribution >= 0.6 is 0 Å². The normalized spacial score (nSPS) is 18.2. The smallest absolute Gasteiger partial charge is 0.335 e. The van der Waals surface area contributed by atoms with E-state index >= 15 is 0 Å². The number of nitrogens with zero attached hydrogens (tertiary/aromatic N) is 1. The first-order valence-electron chi connectivity index (χ1n) is 8.07. The van der Waals surface area contributed by atoms with Gasteiger partial charge in [0.05, 0.1) is 24.8 Å². The molecule has 0 saturated carbocycles. The number of morpholine rings is 1. The summed E-state index contributed by atoms with van der Waals surface area (Å²) >= 11 is 0. The number of ether oxygens (including phenoxy) is 2. The maximum Gasteiger partial charge on any atom is 0.335 e. The Bertz CT molecular complexity index is 674. The summed E-state index contributed by atoms with van der Waals surface area (Å²) in [7, 11) is 0. The number of rotatable bonds is 6. The second kappa shape index (κ2) is 7.95. The highest BCUT2D eigenvalue weighted by Crippen LogP contribution is 2.23. The van der Waals surface area contributed by atoms with E-state index in [1.807, 2.05) is 18.2 Å². The molecule has 0 aliphatic carbocycles. The molecule has 24 heavy (non-hydrogen) atoms. The van der Waals surface area contributed by atoms with Crippen molar-refractivity contribution in [1.82, 2.24) is 4.90 Å². The van der Waals surface area contributed by atoms with Gasteiger partial charge < -0.3 is 14.6 Å². The van der Waals surface area contributed by atoms with E-state index in [-0.39, 0.29) is 11.6 Å². The second-order valence-corrected chi connectivity index (χ2v) is 5.72. The van der Waals surface area contributed by atoms with Gasteiger partial charge >= 0.3 is 5.97 Å². The van der Waals surface area contributed by atoms with Crippen LogP contribution in [-0.4, -0.2) is 48.9 Å². The molecular formula is C19H21NO4. The van der Waals surface area contributed by atoms with Gasteiger partial charge in [0.25, 0.3) is 0 Å². The lowest BCUT2D eigenvalue weighted by Gasteiger charge is -2.35. The van der Waals surface area contributed by atoms with Crippen LogP contribution in [0.2, 0.25) is 0 Å². The van der Waals surface area contributed by atoms with Gasteiger partial charge in [0.2, 0.25) is 0 Å². The van der Waals surface area contributed by atoms with Crippen LogP contribution in [0.4, 0.5) is 0 Å². The maximum absolute atomic E-state index is 11.0. The van der Waals surface area contributed by atoms with Crippen molar-refractivity contribution < 1.29 is 19.4 Å². The monoisotopic (exact) mass is 327 g/mol. The molecule has 1 heterocycles. The van der Waals surface area contributed by atoms with E-state index in [0.717, 1.165) is 19.7 Å². The van der Waals surface area contributed by atoms with Crippen molar-refractivity contribution in [2.75, 3.05) is 32.9 Å². The SMILES string of the molecule is O=C(O)c1cccc(OCCN2CCOCC2c2ccccc2)c1. The lowest BCUT2D eigenvalue weighted by atomic mass is 10.1. The predicted molar refractivity (Wildman–Crippen MR) is 90.5 cm³/mol. The van der Waals surface area contributed by atoms with Gasteiger partial charge in [0.1, 0.15) is 12.4 Å². The van der Waals surface area contributed by atoms with Gasteiger partial charge in [-0.3, -0.25) is 4.90 Å². The van der Waals surface area contributed by atoms with Crippen LogP contribution in [0.15, 0.2) is 54.6 Å². The van der Waals surface area contributed by atoms with Crippen molar-refractivity contribution in [3.05, 3.63) is 65.7 Å². The number of hydrogen-bond acceptors (Lipinski definition) is 4. The molecule has 1 fully saturated rings. The molecule has 1 N–H and O–H groups in total. The lowest BCUT2D eigenvalue weighted by molar-refractivity contribution is -0.0132. The summed E-state index contributed by atoms with van der Waals surface area (Å²) in [6, 6.07) is 17.1. The number of benzene rings is 2. The zero-order valence-corrected chi connectivity index (χ0v) is 13.4. The number of carbonyl (C=O) groups is 1. The quantitative estimate of drug-likeness (QED) is 0.884. The summed E-state index contributed by atoms with van der Waals surface area (Å²) in [5, 5.41) is 9.02. The molecule has 0 spiro atoms. The molecule has 5 nitrogen and oxygen atoms in total. The Labute approximate surface area is 141 Å². The van der Waals surface area contributed by atoms with Crippen molar-refractivity contribution in [3.8, 4) is 5.75 Å². The van der Waals surface area contributed by atoms with E-state index in [0.29, 0.717) is 19.0 Å². The molecule has 1 aliphatic rings. The average Bonchev–Trinajstić information content (AvgIpc) is 2.63. The van der Waals surface area contributed by atoms with Gasteiger partial charge in [0, 0.05) is 13.1 Å². The maximum atomic E-state index is 11.0. The summed E-state index contributed by atoms with van der Waals surface area (Å²) in [4.78, 5) is 13.3. The number of carboxylic acid groups (broad SMARTS) is 1. The van der Waals surface area contributed by atoms with Crippen molar-refractivity contribution >= 4 is 5.97 Å². The zero-order valence-electron chi connectivity index (χ0n) is 13.4. The van der Waals surface area contributed by atoms with Crippen LogP contribution in [0.3, 0.4) is 0 Å². The van der Waals surface area contributed by atoms with E-state index in [1.165, 1.54) is 5.56 Å². The minimum atomic E-state index is -0.947. The van der Waals surface area contributed by atoms with Crippen molar-refractivity contribution in [3.63, 3.8) is 0 Å². The van der Waals surface area contributed by atoms with Crippen molar-refractivity contribution in [2.24, 2.45) is 0 Å². The predicted octanol–water partition coefficient (Wildman–Crippen LogP) is 2.84. The largest absolute Gasteiger partial charge is 0.492 e. The molecule has 5 heteroatoms. The minimum Gasteiger partial charge on any atom is -0.492 e. The number of aromatic carboxylic acids is 1. The molecule has 1 unspecified atom stereocenters. The van der Waals surface area contributed by atoms with Gasteiger partial charge in [-0.15, -0.1) is 0 Å². The van der Waals surface area contributed by atoms with E-state index in [9.17, 15) is 4.79 Å². The third-order valence-electron chi connectivity index (χ3n) is 4.15. The molecule has 0 amide bonds. The lowest BCUT2D eigenvalue weighted by Crippen LogP contribution is -2.41. The third-order valence-corrected chi connectivity index (χ3v) is 4.15. The van der Waals surface area contributed by atoms with Gasteiger partial charge in [-0.2, -0.15) is 0 Å². The molecular weight excluding hydrogens is 306 g/mol. The van der Waals surface area contributed by atoms with E-state index in [1.54, 1.807) is 24.3 Å². The Kier molecular flexibility index (Phi) is 5.46. The summed E-state index contributed by atoms with van der Waals surface area (Å²) < 4.78 is 11.4. The second-order valence-electron chi connectivity index (χ2n) is 5.72. The Balaban J connectivity index is 1.58. The number of carboxylic acids is 1. The highest BCUT2D eigenvalue weighted by atomic mass is 16.5. The first-order chi connectivity index (χ1) is 11.7. The van der Waals surface area contributed by atoms with Crippen LogP contribution in [0.25, 0.3) is 0 Å². The molecule has 1 aliphatic heterocycles. The molecule has 3 rings (SSSR count). The fraction of sp³-hybridized carbons (Fsp3) is 0.316. The van der Waals surface area contributed by atoms with E-state index in [2.05, 4.69) is 17.0 Å². The van der Waals surface area contributed by atoms with E-state index < -0.39 is 5.97 Å². The summed E-state index contributed by atoms with van der Waals surface area (Å²) in [5.74, 6) is -0.364. The van der Waals surface area contributed by atoms with Gasteiger partial charge in [-0.05, 0) is 23.8 Å². The highest BCUT2D eigenvalue weighted by Gasteiger charge is 2.24. The Morgan fingerprint density at radius 3 is 2.83 bits per heavy atom. The van der Waals surface area contributed by atoms with Crippen LogP contribution in [0, 0.1) is 0 Å². The minimum absolute atomic E-state index is 0.230. The Morgan fingerprint density at radius 1 is 1.21 bits per heavy atom. The van der Waals surface area contributed by atoms with Crippen LogP contribution in [0.1, 0.15) is 22.0 Å². The first-order valence-corrected chi connectivity index (χ1v) is 8.07. The fourth-order valence-corrected chi connectivity index (χ4v) is 2.89. The molecule has 2 aromatic carbocycles. The molecule has 1 saturated heterocycles. The van der Waals surface area contributed by atoms with Gasteiger partial charge in [0.15, 0.2) is 0 Å². The summed E-state index contributed by atoms with van der Waals surface area (Å²) in [5.41, 5.74) is 1.48. The molecule has 1 atom stereocenters. The Hall–Kier alpha value is -2.37. The number of hydrogen-bond donors (Lipinski definition) is 1. The van der Waals surface area contributed by atoms with Crippen molar-refractivity contribution in [1.29, 1.82) is 0 Å².